The summed E-state index contributed by atoms with van der Waals surface area (Å²) in [6.45, 7) is 2.88. The molecule has 6 nitrogen and oxygen atoms in total. The van der Waals surface area contributed by atoms with Crippen molar-refractivity contribution in [2.45, 2.75) is 38.7 Å². The summed E-state index contributed by atoms with van der Waals surface area (Å²) in [5.41, 5.74) is 7.38. The Labute approximate surface area is 236 Å². The van der Waals surface area contributed by atoms with Crippen molar-refractivity contribution >= 4 is 5.97 Å². The maximum atomic E-state index is 13.6. The van der Waals surface area contributed by atoms with Crippen molar-refractivity contribution in [1.82, 2.24) is 4.90 Å². The van der Waals surface area contributed by atoms with Gasteiger partial charge in [-0.25, -0.2) is 0 Å². The van der Waals surface area contributed by atoms with Gasteiger partial charge in [0.15, 0.2) is 0 Å². The fourth-order valence-electron chi connectivity index (χ4n) is 4.31. The second-order valence-electron chi connectivity index (χ2n) is 9.62. The summed E-state index contributed by atoms with van der Waals surface area (Å²) in [6.07, 6.45) is -4.42. The van der Waals surface area contributed by atoms with E-state index in [0.29, 0.717) is 30.2 Å². The molecule has 0 amide bonds. The van der Waals surface area contributed by atoms with Crippen LogP contribution in [0.4, 0.5) is 13.2 Å². The number of carboxylic acid groups (broad SMARTS) is 1. The number of carbonyl (C=O) groups is 1. The third-order valence-electron chi connectivity index (χ3n) is 6.53. The number of alkyl halides is 3. The van der Waals surface area contributed by atoms with Crippen LogP contribution in [-0.2, 0) is 24.1 Å². The second-order valence-corrected chi connectivity index (χ2v) is 9.62. The topological polar surface area (TPSA) is 85.0 Å². The van der Waals surface area contributed by atoms with E-state index >= 15 is 0 Å². The van der Waals surface area contributed by atoms with E-state index < -0.39 is 23.8 Å². The molecule has 0 spiro atoms. The van der Waals surface area contributed by atoms with Crippen molar-refractivity contribution < 1.29 is 32.5 Å². The van der Waals surface area contributed by atoms with Crippen LogP contribution in [0.25, 0.3) is 0 Å². The van der Waals surface area contributed by atoms with E-state index in [1.807, 2.05) is 60.4 Å². The highest BCUT2D eigenvalue weighted by Gasteiger charge is 2.34. The van der Waals surface area contributed by atoms with E-state index in [9.17, 15) is 23.1 Å². The number of hydrogen-bond donors (Lipinski definition) is 2. The molecule has 0 bridgehead atoms. The Morgan fingerprint density at radius 3 is 1.78 bits per heavy atom. The number of halogens is 3. The number of aryl methyl sites for hydroxylation is 1. The zero-order valence-electron chi connectivity index (χ0n) is 22.5. The largest absolute Gasteiger partial charge is 0.480 e. The number of ether oxygens (including phenoxy) is 2. The molecule has 0 aliphatic carbocycles. The molecule has 1 atom stereocenters. The van der Waals surface area contributed by atoms with Crippen LogP contribution in [0, 0.1) is 6.92 Å². The molecule has 214 valence electrons. The number of rotatable bonds is 12. The van der Waals surface area contributed by atoms with Gasteiger partial charge in [0.1, 0.15) is 29.0 Å². The first-order chi connectivity index (χ1) is 19.6. The van der Waals surface area contributed by atoms with Gasteiger partial charge in [0.2, 0.25) is 0 Å². The molecular formula is C32H31F3N2O4. The molecule has 0 fully saturated rings. The van der Waals surface area contributed by atoms with Gasteiger partial charge in [-0.3, -0.25) is 9.69 Å². The Morgan fingerprint density at radius 2 is 1.24 bits per heavy atom. The quantitative estimate of drug-likeness (QED) is 0.187. The van der Waals surface area contributed by atoms with E-state index in [2.05, 4.69) is 0 Å². The van der Waals surface area contributed by atoms with Gasteiger partial charge < -0.3 is 20.3 Å². The van der Waals surface area contributed by atoms with E-state index in [0.717, 1.165) is 17.2 Å². The fraction of sp³-hybridized carbons (Fsp3) is 0.219. The van der Waals surface area contributed by atoms with Gasteiger partial charge in [-0.15, -0.1) is 0 Å². The minimum absolute atomic E-state index is 0.163. The molecule has 4 aromatic carbocycles. The van der Waals surface area contributed by atoms with E-state index in [-0.39, 0.29) is 24.5 Å². The summed E-state index contributed by atoms with van der Waals surface area (Å²) in [4.78, 5) is 13.4. The molecule has 3 N–H and O–H groups in total. The summed E-state index contributed by atoms with van der Waals surface area (Å²) in [7, 11) is 0. The van der Waals surface area contributed by atoms with Crippen molar-refractivity contribution in [3.8, 4) is 23.0 Å². The molecule has 41 heavy (non-hydrogen) atoms. The highest BCUT2D eigenvalue weighted by atomic mass is 19.4. The van der Waals surface area contributed by atoms with Crippen LogP contribution in [0.3, 0.4) is 0 Å². The van der Waals surface area contributed by atoms with Gasteiger partial charge >= 0.3 is 12.1 Å². The Hall–Kier alpha value is -4.34. The molecule has 0 unspecified atom stereocenters. The molecule has 0 aliphatic rings. The number of benzene rings is 4. The summed E-state index contributed by atoms with van der Waals surface area (Å²) in [6, 6.07) is 26.0. The fourth-order valence-corrected chi connectivity index (χ4v) is 4.31. The zero-order chi connectivity index (χ0) is 29.4. The zero-order valence-corrected chi connectivity index (χ0v) is 22.5. The number of aliphatic carboxylic acids is 1. The van der Waals surface area contributed by atoms with Crippen LogP contribution in [0.1, 0.15) is 28.7 Å². The predicted octanol–water partition coefficient (Wildman–Crippen LogP) is 7.40. The first-order valence-corrected chi connectivity index (χ1v) is 13.1. The highest BCUT2D eigenvalue weighted by Crippen LogP contribution is 2.39. The van der Waals surface area contributed by atoms with Crippen molar-refractivity contribution in [3.63, 3.8) is 0 Å². The Morgan fingerprint density at radius 1 is 0.780 bits per heavy atom. The molecule has 4 aromatic rings. The summed E-state index contributed by atoms with van der Waals surface area (Å²) in [5, 5.41) is 9.33. The molecule has 0 aromatic heterocycles. The lowest BCUT2D eigenvalue weighted by molar-refractivity contribution is -0.139. The minimum atomic E-state index is -4.58. The van der Waals surface area contributed by atoms with Crippen LogP contribution in [0.2, 0.25) is 0 Å². The monoisotopic (exact) mass is 564 g/mol. The smallest absolute Gasteiger partial charge is 0.419 e. The lowest BCUT2D eigenvalue weighted by Crippen LogP contribution is -2.35. The van der Waals surface area contributed by atoms with Gasteiger partial charge in [-0.2, -0.15) is 13.2 Å². The van der Waals surface area contributed by atoms with E-state index in [4.69, 9.17) is 15.2 Å². The Bertz CT molecular complexity index is 1480. The van der Waals surface area contributed by atoms with Crippen LogP contribution in [-0.4, -0.2) is 28.6 Å². The molecule has 0 heterocycles. The molecular weight excluding hydrogens is 533 g/mol. The molecule has 0 saturated heterocycles. The second kappa shape index (κ2) is 13.3. The maximum Gasteiger partial charge on any atom is 0.419 e. The van der Waals surface area contributed by atoms with E-state index in [1.165, 1.54) is 18.2 Å². The Kier molecular flexibility index (Phi) is 9.65. The standard InChI is InChI=1S/C32H31F3N2O4/c1-22-10-2-6-14-27(22)40-28-15-7-3-11-23(28)20-37(19-18-26(36)31(38)39)21-24-12-4-8-16-29(24)41-30-17-9-5-13-25(30)32(33,34)35/h2-17,26H,18-21,36H2,1H3,(H,38,39)/t26-/m0/s1. The first-order valence-electron chi connectivity index (χ1n) is 13.1. The molecule has 4 rings (SSSR count). The van der Waals surface area contributed by atoms with Crippen molar-refractivity contribution in [3.05, 3.63) is 119 Å². The first kappa shape index (κ1) is 29.6. The Balaban J connectivity index is 1.62. The molecule has 9 heteroatoms. The number of carboxylic acids is 1. The predicted molar refractivity (Wildman–Crippen MR) is 150 cm³/mol. The SMILES string of the molecule is Cc1ccccc1Oc1ccccc1CN(CC[C@H](N)C(=O)O)Cc1ccccc1Oc1ccccc1C(F)(F)F. The lowest BCUT2D eigenvalue weighted by atomic mass is 10.1. The number of para-hydroxylation sites is 4. The van der Waals surface area contributed by atoms with Crippen LogP contribution in [0.5, 0.6) is 23.0 Å². The average molecular weight is 565 g/mol. The van der Waals surface area contributed by atoms with Gasteiger partial charge in [-0.1, -0.05) is 66.7 Å². The van der Waals surface area contributed by atoms with E-state index in [1.54, 1.807) is 24.3 Å². The average Bonchev–Trinajstić information content (AvgIpc) is 2.94. The van der Waals surface area contributed by atoms with Crippen molar-refractivity contribution in [2.75, 3.05) is 6.54 Å². The highest BCUT2D eigenvalue weighted by molar-refractivity contribution is 5.73. The maximum absolute atomic E-state index is 13.6. The van der Waals surface area contributed by atoms with Gasteiger partial charge in [0.05, 0.1) is 5.56 Å². The summed E-state index contributed by atoms with van der Waals surface area (Å²) < 4.78 is 52.8. The molecule has 0 radical (unpaired) electrons. The van der Waals surface area contributed by atoms with Gasteiger partial charge in [0.25, 0.3) is 0 Å². The summed E-state index contributed by atoms with van der Waals surface area (Å²) >= 11 is 0. The van der Waals surface area contributed by atoms with Gasteiger partial charge in [0, 0.05) is 30.8 Å². The van der Waals surface area contributed by atoms with Crippen LogP contribution in [0.15, 0.2) is 97.1 Å². The third-order valence-corrected chi connectivity index (χ3v) is 6.53. The van der Waals surface area contributed by atoms with Gasteiger partial charge in [-0.05, 0) is 49.2 Å². The van der Waals surface area contributed by atoms with Crippen LogP contribution < -0.4 is 15.2 Å². The normalized spacial score (nSPS) is 12.2. The number of hydrogen-bond acceptors (Lipinski definition) is 5. The third kappa shape index (κ3) is 8.09. The number of nitrogens with zero attached hydrogens (tertiary/aromatic N) is 1. The van der Waals surface area contributed by atoms with Crippen LogP contribution >= 0.6 is 0 Å². The molecule has 0 saturated carbocycles. The van der Waals surface area contributed by atoms with Crippen molar-refractivity contribution in [2.24, 2.45) is 5.73 Å². The summed E-state index contributed by atoms with van der Waals surface area (Å²) in [5.74, 6) is 0.199. The van der Waals surface area contributed by atoms with Crippen molar-refractivity contribution in [1.29, 1.82) is 0 Å². The lowest BCUT2D eigenvalue weighted by Gasteiger charge is -2.26. The number of nitrogens with two attached hydrogens (primary N) is 1. The molecule has 0 aliphatic heterocycles. The minimum Gasteiger partial charge on any atom is -0.480 e.